The van der Waals surface area contributed by atoms with E-state index in [1.54, 1.807) is 12.1 Å². The topological polar surface area (TPSA) is 58.6 Å². The summed E-state index contributed by atoms with van der Waals surface area (Å²) >= 11 is 6.09. The molecular formula is C16H23ClN2O3. The van der Waals surface area contributed by atoms with Gasteiger partial charge < -0.3 is 15.0 Å². The Morgan fingerprint density at radius 3 is 2.50 bits per heavy atom. The van der Waals surface area contributed by atoms with Gasteiger partial charge in [0.05, 0.1) is 12.8 Å². The van der Waals surface area contributed by atoms with Gasteiger partial charge in [-0.1, -0.05) is 11.6 Å². The summed E-state index contributed by atoms with van der Waals surface area (Å²) in [6, 6.07) is 3.55. The highest BCUT2D eigenvalue weighted by molar-refractivity contribution is 6.31. The number of nitrogens with zero attached hydrogens (tertiary/aromatic N) is 1. The second kappa shape index (κ2) is 8.03. The van der Waals surface area contributed by atoms with E-state index in [9.17, 15) is 9.59 Å². The first-order valence-corrected chi connectivity index (χ1v) is 7.55. The van der Waals surface area contributed by atoms with Crippen molar-refractivity contribution < 1.29 is 14.3 Å². The highest BCUT2D eigenvalue weighted by Gasteiger charge is 2.19. The molecule has 0 radical (unpaired) electrons. The Kier molecular flexibility index (Phi) is 6.68. The zero-order valence-corrected chi connectivity index (χ0v) is 14.5. The van der Waals surface area contributed by atoms with Gasteiger partial charge in [-0.15, -0.1) is 0 Å². The number of hydrogen-bond acceptors (Lipinski definition) is 3. The number of hydrogen-bond donors (Lipinski definition) is 1. The molecule has 0 aliphatic heterocycles. The van der Waals surface area contributed by atoms with Crippen LogP contribution >= 0.6 is 11.6 Å². The molecule has 2 amide bonds. The van der Waals surface area contributed by atoms with Crippen LogP contribution in [0.3, 0.4) is 0 Å². The van der Waals surface area contributed by atoms with Crippen molar-refractivity contribution in [3.8, 4) is 5.75 Å². The summed E-state index contributed by atoms with van der Waals surface area (Å²) in [7, 11) is 1.52. The molecule has 6 heteroatoms. The average molecular weight is 327 g/mol. The van der Waals surface area contributed by atoms with Gasteiger partial charge in [-0.3, -0.25) is 9.59 Å². The Balaban J connectivity index is 2.99. The normalized spacial score (nSPS) is 10.5. The van der Waals surface area contributed by atoms with Crippen molar-refractivity contribution in [3.63, 3.8) is 0 Å². The Morgan fingerprint density at radius 1 is 1.36 bits per heavy atom. The van der Waals surface area contributed by atoms with Gasteiger partial charge in [-0.05, 0) is 32.4 Å². The first-order valence-electron chi connectivity index (χ1n) is 7.17. The molecule has 0 aliphatic carbocycles. The quantitative estimate of drug-likeness (QED) is 0.874. The number of ether oxygens (including phenoxy) is 1. The molecule has 0 aliphatic rings. The van der Waals surface area contributed by atoms with Gasteiger partial charge in [0.1, 0.15) is 5.75 Å². The van der Waals surface area contributed by atoms with E-state index >= 15 is 0 Å². The molecule has 1 rings (SSSR count). The minimum atomic E-state index is -0.155. The molecule has 0 spiro atoms. The molecule has 122 valence electrons. The lowest BCUT2D eigenvalue weighted by Crippen LogP contribution is -2.36. The third-order valence-corrected chi connectivity index (χ3v) is 3.55. The van der Waals surface area contributed by atoms with E-state index in [2.05, 4.69) is 5.32 Å². The summed E-state index contributed by atoms with van der Waals surface area (Å²) in [5, 5.41) is 3.38. The van der Waals surface area contributed by atoms with Crippen LogP contribution in [-0.4, -0.2) is 31.5 Å². The molecule has 5 nitrogen and oxygen atoms in total. The summed E-state index contributed by atoms with van der Waals surface area (Å²) in [6.07, 6.45) is 0.225. The van der Waals surface area contributed by atoms with Crippen LogP contribution in [0, 0.1) is 6.92 Å². The van der Waals surface area contributed by atoms with Crippen molar-refractivity contribution in [2.75, 3.05) is 18.6 Å². The molecule has 0 bridgehead atoms. The molecule has 0 atom stereocenters. The van der Waals surface area contributed by atoms with Crippen LogP contribution in [0.2, 0.25) is 5.02 Å². The van der Waals surface area contributed by atoms with E-state index in [-0.39, 0.29) is 30.8 Å². The summed E-state index contributed by atoms with van der Waals surface area (Å²) in [6.45, 7) is 7.39. The highest BCUT2D eigenvalue weighted by atomic mass is 35.5. The SMILES string of the molecule is COc1cc(Cl)c(C)cc1N(CCC(=O)NC(C)C)C(C)=O. The third kappa shape index (κ3) is 4.91. The number of anilines is 1. The van der Waals surface area contributed by atoms with Crippen molar-refractivity contribution >= 4 is 29.1 Å². The van der Waals surface area contributed by atoms with Crippen LogP contribution in [0.4, 0.5) is 5.69 Å². The molecule has 0 aromatic heterocycles. The molecule has 1 aromatic rings. The van der Waals surface area contributed by atoms with Crippen LogP contribution in [0.5, 0.6) is 5.75 Å². The smallest absolute Gasteiger partial charge is 0.223 e. The number of rotatable bonds is 6. The number of benzene rings is 1. The fourth-order valence-corrected chi connectivity index (χ4v) is 2.23. The van der Waals surface area contributed by atoms with Crippen molar-refractivity contribution in [3.05, 3.63) is 22.7 Å². The van der Waals surface area contributed by atoms with Crippen molar-refractivity contribution in [2.45, 2.75) is 40.2 Å². The number of aryl methyl sites for hydroxylation is 1. The van der Waals surface area contributed by atoms with E-state index < -0.39 is 0 Å². The summed E-state index contributed by atoms with van der Waals surface area (Å²) in [5.41, 5.74) is 1.46. The molecule has 0 fully saturated rings. The number of nitrogens with one attached hydrogen (secondary N) is 1. The van der Waals surface area contributed by atoms with E-state index in [4.69, 9.17) is 16.3 Å². The number of methoxy groups -OCH3 is 1. The molecule has 0 unspecified atom stereocenters. The maximum atomic E-state index is 11.9. The van der Waals surface area contributed by atoms with Crippen molar-refractivity contribution in [2.24, 2.45) is 0 Å². The van der Waals surface area contributed by atoms with Gasteiger partial charge in [0, 0.05) is 37.0 Å². The van der Waals surface area contributed by atoms with Crippen molar-refractivity contribution in [1.29, 1.82) is 0 Å². The molecule has 0 heterocycles. The summed E-state index contributed by atoms with van der Waals surface area (Å²) in [5.74, 6) is 0.262. The third-order valence-electron chi connectivity index (χ3n) is 3.14. The van der Waals surface area contributed by atoms with Gasteiger partial charge >= 0.3 is 0 Å². The molecular weight excluding hydrogens is 304 g/mol. The lowest BCUT2D eigenvalue weighted by Gasteiger charge is -2.24. The van der Waals surface area contributed by atoms with E-state index in [0.717, 1.165) is 5.56 Å². The summed E-state index contributed by atoms with van der Waals surface area (Å²) in [4.78, 5) is 25.3. The zero-order chi connectivity index (χ0) is 16.9. The van der Waals surface area contributed by atoms with Crippen molar-refractivity contribution in [1.82, 2.24) is 5.32 Å². The number of carbonyl (C=O) groups is 2. The monoisotopic (exact) mass is 326 g/mol. The van der Waals surface area contributed by atoms with E-state index in [0.29, 0.717) is 16.5 Å². The lowest BCUT2D eigenvalue weighted by atomic mass is 10.1. The number of amides is 2. The van der Waals surface area contributed by atoms with Crippen LogP contribution in [0.15, 0.2) is 12.1 Å². The first-order chi connectivity index (χ1) is 10.3. The predicted molar refractivity (Wildman–Crippen MR) is 88.7 cm³/mol. The minimum absolute atomic E-state index is 0.0746. The molecule has 22 heavy (non-hydrogen) atoms. The number of carbonyl (C=O) groups excluding carboxylic acids is 2. The maximum absolute atomic E-state index is 11.9. The van der Waals surface area contributed by atoms with Gasteiger partial charge in [0.15, 0.2) is 0 Å². The average Bonchev–Trinajstić information content (AvgIpc) is 2.41. The van der Waals surface area contributed by atoms with Crippen LogP contribution < -0.4 is 15.0 Å². The zero-order valence-electron chi connectivity index (χ0n) is 13.7. The largest absolute Gasteiger partial charge is 0.495 e. The highest BCUT2D eigenvalue weighted by Crippen LogP contribution is 2.34. The van der Waals surface area contributed by atoms with E-state index in [1.807, 2.05) is 20.8 Å². The van der Waals surface area contributed by atoms with Crippen LogP contribution in [0.1, 0.15) is 32.8 Å². The molecule has 1 aromatic carbocycles. The van der Waals surface area contributed by atoms with E-state index in [1.165, 1.54) is 18.9 Å². The fraction of sp³-hybridized carbons (Fsp3) is 0.500. The molecule has 0 saturated heterocycles. The van der Waals surface area contributed by atoms with Crippen LogP contribution in [0.25, 0.3) is 0 Å². The minimum Gasteiger partial charge on any atom is -0.495 e. The fourth-order valence-electron chi connectivity index (χ4n) is 2.08. The first kappa shape index (κ1) is 18.3. The molecule has 0 saturated carbocycles. The standard InChI is InChI=1S/C16H23ClN2O3/c1-10(2)18-16(21)6-7-19(12(4)20)14-8-11(3)13(17)9-15(14)22-5/h8-10H,6-7H2,1-5H3,(H,18,21). The second-order valence-corrected chi connectivity index (χ2v) is 5.82. The summed E-state index contributed by atoms with van der Waals surface area (Å²) < 4.78 is 5.30. The van der Waals surface area contributed by atoms with Gasteiger partial charge in [0.25, 0.3) is 0 Å². The molecule has 1 N–H and O–H groups in total. The Hall–Kier alpha value is -1.75. The van der Waals surface area contributed by atoms with Crippen LogP contribution in [-0.2, 0) is 9.59 Å². The Morgan fingerprint density at radius 2 is 2.00 bits per heavy atom. The Labute approximate surface area is 136 Å². The van der Waals surface area contributed by atoms with Gasteiger partial charge in [0.2, 0.25) is 11.8 Å². The maximum Gasteiger partial charge on any atom is 0.223 e. The van der Waals surface area contributed by atoms with Gasteiger partial charge in [-0.2, -0.15) is 0 Å². The lowest BCUT2D eigenvalue weighted by molar-refractivity contribution is -0.121. The second-order valence-electron chi connectivity index (χ2n) is 5.42. The van der Waals surface area contributed by atoms with Gasteiger partial charge in [-0.25, -0.2) is 0 Å². The Bertz CT molecular complexity index is 559. The number of halogens is 1. The predicted octanol–water partition coefficient (Wildman–Crippen LogP) is 2.92.